The zero-order chi connectivity index (χ0) is 18.7. The van der Waals surface area contributed by atoms with E-state index in [0.717, 1.165) is 16.1 Å². The molecule has 2 heterocycles. The van der Waals surface area contributed by atoms with Crippen LogP contribution in [0.4, 0.5) is 5.69 Å². The fraction of sp³-hybridized carbons (Fsp3) is 0.368. The third-order valence-electron chi connectivity index (χ3n) is 4.79. The number of hydrogen-bond donors (Lipinski definition) is 1. The zero-order valence-electron chi connectivity index (χ0n) is 14.9. The first-order chi connectivity index (χ1) is 12.5. The maximum Gasteiger partial charge on any atom is 0.264 e. The lowest BCUT2D eigenvalue weighted by Gasteiger charge is -2.37. The molecule has 1 aliphatic heterocycles. The maximum atomic E-state index is 12.6. The molecule has 1 aromatic heterocycles. The molecule has 1 fully saturated rings. The van der Waals surface area contributed by atoms with E-state index in [9.17, 15) is 9.59 Å². The van der Waals surface area contributed by atoms with E-state index >= 15 is 0 Å². The highest BCUT2D eigenvalue weighted by atomic mass is 35.5. The van der Waals surface area contributed by atoms with Crippen molar-refractivity contribution in [3.05, 3.63) is 51.2 Å². The number of benzene rings is 1. The largest absolute Gasteiger partial charge is 0.335 e. The van der Waals surface area contributed by atoms with Gasteiger partial charge in [-0.05, 0) is 43.0 Å². The van der Waals surface area contributed by atoms with Crippen LogP contribution in [0.2, 0.25) is 5.02 Å². The topological polar surface area (TPSA) is 52.7 Å². The van der Waals surface area contributed by atoms with Gasteiger partial charge in [0.2, 0.25) is 5.91 Å². The summed E-state index contributed by atoms with van der Waals surface area (Å²) >= 11 is 7.58. The Bertz CT molecular complexity index is 786. The minimum absolute atomic E-state index is 0.0617. The van der Waals surface area contributed by atoms with Gasteiger partial charge in [-0.1, -0.05) is 23.7 Å². The number of hydrogen-bond acceptors (Lipinski definition) is 4. The standard InChI is InChI=1S/C19H22ClN3O2S/c1-13-15(20)5-3-6-16(13)21-18(24)14(2)22-8-10-23(11-9-22)19(25)17-7-4-12-26-17/h3-7,12,14H,8-11H2,1-2H3,(H,21,24). The zero-order valence-corrected chi connectivity index (χ0v) is 16.4. The first-order valence-corrected chi connectivity index (χ1v) is 9.86. The Morgan fingerprint density at radius 2 is 1.88 bits per heavy atom. The van der Waals surface area contributed by atoms with Crippen LogP contribution < -0.4 is 5.32 Å². The van der Waals surface area contributed by atoms with Gasteiger partial charge in [-0.15, -0.1) is 11.3 Å². The molecule has 3 rings (SSSR count). The second-order valence-electron chi connectivity index (χ2n) is 6.38. The van der Waals surface area contributed by atoms with E-state index in [2.05, 4.69) is 10.2 Å². The molecule has 1 N–H and O–H groups in total. The molecule has 5 nitrogen and oxygen atoms in total. The van der Waals surface area contributed by atoms with Gasteiger partial charge < -0.3 is 10.2 Å². The third kappa shape index (κ3) is 4.09. The number of carbonyl (C=O) groups excluding carboxylic acids is 2. The Kier molecular flexibility index (Phi) is 5.96. The predicted octanol–water partition coefficient (Wildman–Crippen LogP) is 3.49. The predicted molar refractivity (Wildman–Crippen MR) is 106 cm³/mol. The van der Waals surface area contributed by atoms with Gasteiger partial charge in [0.05, 0.1) is 10.9 Å². The van der Waals surface area contributed by atoms with Gasteiger partial charge in [0.15, 0.2) is 0 Å². The van der Waals surface area contributed by atoms with Crippen LogP contribution in [-0.2, 0) is 4.79 Å². The number of nitrogens with one attached hydrogen (secondary N) is 1. The van der Waals surface area contributed by atoms with E-state index in [1.54, 1.807) is 6.07 Å². The van der Waals surface area contributed by atoms with Crippen LogP contribution in [0.15, 0.2) is 35.7 Å². The van der Waals surface area contributed by atoms with E-state index < -0.39 is 0 Å². The Morgan fingerprint density at radius 1 is 1.15 bits per heavy atom. The van der Waals surface area contributed by atoms with E-state index in [4.69, 9.17) is 11.6 Å². The third-order valence-corrected chi connectivity index (χ3v) is 6.05. The molecular weight excluding hydrogens is 370 g/mol. The first kappa shape index (κ1) is 18.9. The normalized spacial score (nSPS) is 16.3. The van der Waals surface area contributed by atoms with Crippen LogP contribution >= 0.6 is 22.9 Å². The highest BCUT2D eigenvalue weighted by Gasteiger charge is 2.28. The molecular formula is C19H22ClN3O2S. The average molecular weight is 392 g/mol. The second-order valence-corrected chi connectivity index (χ2v) is 7.74. The molecule has 1 aromatic carbocycles. The maximum absolute atomic E-state index is 12.6. The van der Waals surface area contributed by atoms with Crippen LogP contribution in [0.1, 0.15) is 22.2 Å². The van der Waals surface area contributed by atoms with Gasteiger partial charge in [0.25, 0.3) is 5.91 Å². The molecule has 0 bridgehead atoms. The van der Waals surface area contributed by atoms with E-state index in [1.165, 1.54) is 11.3 Å². The summed E-state index contributed by atoms with van der Waals surface area (Å²) in [5.41, 5.74) is 1.60. The lowest BCUT2D eigenvalue weighted by atomic mass is 10.1. The Labute approximate surface area is 162 Å². The van der Waals surface area contributed by atoms with Crippen molar-refractivity contribution in [3.63, 3.8) is 0 Å². The summed E-state index contributed by atoms with van der Waals surface area (Å²) in [5.74, 6) is 0.0136. The average Bonchev–Trinajstić information content (AvgIpc) is 3.19. The van der Waals surface area contributed by atoms with E-state index in [1.807, 2.05) is 48.4 Å². The van der Waals surface area contributed by atoms with E-state index in [0.29, 0.717) is 31.2 Å². The molecule has 2 aromatic rings. The molecule has 0 aliphatic carbocycles. The number of carbonyl (C=O) groups is 2. The summed E-state index contributed by atoms with van der Waals surface area (Å²) in [6.07, 6.45) is 0. The Balaban J connectivity index is 1.56. The second kappa shape index (κ2) is 8.20. The molecule has 2 amide bonds. The summed E-state index contributed by atoms with van der Waals surface area (Å²) < 4.78 is 0. The SMILES string of the molecule is Cc1c(Cl)cccc1NC(=O)C(C)N1CCN(C(=O)c2cccs2)CC1. The quantitative estimate of drug-likeness (QED) is 0.867. The van der Waals surface area contributed by atoms with Crippen LogP contribution in [0, 0.1) is 6.92 Å². The van der Waals surface area contributed by atoms with E-state index in [-0.39, 0.29) is 17.9 Å². The van der Waals surface area contributed by atoms with Gasteiger partial charge in [0.1, 0.15) is 0 Å². The first-order valence-electron chi connectivity index (χ1n) is 8.60. The van der Waals surface area contributed by atoms with Crippen molar-refractivity contribution >= 4 is 40.4 Å². The highest BCUT2D eigenvalue weighted by Crippen LogP contribution is 2.23. The van der Waals surface area contributed by atoms with Crippen LogP contribution in [0.25, 0.3) is 0 Å². The molecule has 26 heavy (non-hydrogen) atoms. The van der Waals surface area contributed by atoms with Crippen molar-refractivity contribution in [2.75, 3.05) is 31.5 Å². The lowest BCUT2D eigenvalue weighted by Crippen LogP contribution is -2.54. The Morgan fingerprint density at radius 3 is 2.54 bits per heavy atom. The fourth-order valence-corrected chi connectivity index (χ4v) is 3.88. The highest BCUT2D eigenvalue weighted by molar-refractivity contribution is 7.12. The van der Waals surface area contributed by atoms with Gasteiger partial charge in [-0.3, -0.25) is 14.5 Å². The van der Waals surface area contributed by atoms with Crippen molar-refractivity contribution in [3.8, 4) is 0 Å². The molecule has 0 spiro atoms. The smallest absolute Gasteiger partial charge is 0.264 e. The number of halogens is 1. The summed E-state index contributed by atoms with van der Waals surface area (Å²) in [7, 11) is 0. The lowest BCUT2D eigenvalue weighted by molar-refractivity contribution is -0.121. The number of amides is 2. The molecule has 1 aliphatic rings. The monoisotopic (exact) mass is 391 g/mol. The summed E-state index contributed by atoms with van der Waals surface area (Å²) in [6.45, 7) is 6.40. The minimum Gasteiger partial charge on any atom is -0.335 e. The van der Waals surface area contributed by atoms with Gasteiger partial charge >= 0.3 is 0 Å². The molecule has 1 unspecified atom stereocenters. The number of anilines is 1. The Hall–Kier alpha value is -1.89. The van der Waals surface area contributed by atoms with Crippen molar-refractivity contribution < 1.29 is 9.59 Å². The van der Waals surface area contributed by atoms with Crippen LogP contribution in [0.3, 0.4) is 0 Å². The molecule has 0 radical (unpaired) electrons. The number of piperazine rings is 1. The van der Waals surface area contributed by atoms with Gasteiger partial charge in [-0.2, -0.15) is 0 Å². The fourth-order valence-electron chi connectivity index (χ4n) is 3.01. The minimum atomic E-state index is -0.271. The van der Waals surface area contributed by atoms with Crippen LogP contribution in [-0.4, -0.2) is 53.8 Å². The van der Waals surface area contributed by atoms with Gasteiger partial charge in [-0.25, -0.2) is 0 Å². The van der Waals surface area contributed by atoms with Crippen molar-refractivity contribution in [1.82, 2.24) is 9.80 Å². The molecule has 1 saturated heterocycles. The van der Waals surface area contributed by atoms with Crippen LogP contribution in [0.5, 0.6) is 0 Å². The van der Waals surface area contributed by atoms with Crippen molar-refractivity contribution in [2.45, 2.75) is 19.9 Å². The number of rotatable bonds is 4. The summed E-state index contributed by atoms with van der Waals surface area (Å²) in [4.78, 5) is 29.7. The molecule has 0 saturated carbocycles. The van der Waals surface area contributed by atoms with Gasteiger partial charge in [0, 0.05) is 36.9 Å². The molecule has 7 heteroatoms. The summed E-state index contributed by atoms with van der Waals surface area (Å²) in [6, 6.07) is 8.95. The molecule has 138 valence electrons. The van der Waals surface area contributed by atoms with Crippen molar-refractivity contribution in [2.24, 2.45) is 0 Å². The van der Waals surface area contributed by atoms with Crippen molar-refractivity contribution in [1.29, 1.82) is 0 Å². The molecule has 1 atom stereocenters. The summed E-state index contributed by atoms with van der Waals surface area (Å²) in [5, 5.41) is 5.51. The number of thiophene rings is 1. The number of nitrogens with zero attached hydrogens (tertiary/aromatic N) is 2.